The average molecular weight is 386 g/mol. The Morgan fingerprint density at radius 1 is 0.962 bits per heavy atom. The van der Waals surface area contributed by atoms with Gasteiger partial charge >= 0.3 is 0 Å². The van der Waals surface area contributed by atoms with Gasteiger partial charge in [-0.05, 0) is 54.1 Å². The second-order valence-corrected chi connectivity index (χ2v) is 7.51. The highest BCUT2D eigenvalue weighted by atomic mass is 35.5. The largest absolute Gasteiger partial charge is 0.492 e. The summed E-state index contributed by atoms with van der Waals surface area (Å²) < 4.78 is 5.96. The molecule has 0 aliphatic carbocycles. The summed E-state index contributed by atoms with van der Waals surface area (Å²) in [6.45, 7) is 1.87. The molecule has 0 amide bonds. The van der Waals surface area contributed by atoms with Crippen molar-refractivity contribution in [3.05, 3.63) is 88.1 Å². The van der Waals surface area contributed by atoms with Gasteiger partial charge in [0, 0.05) is 16.8 Å². The first-order chi connectivity index (χ1) is 12.4. The standard InChI is InChI=1S/C22H23NOS.ClH/c1-2-6-17(7-3-1)22(21-9-5-15-25-21)18-10-12-20(13-11-18)24-16-19-8-4-14-23-19;/h1-3,5-7,9-13,15,19,22-23H,4,8,14,16H2;1H. The highest BCUT2D eigenvalue weighted by Crippen LogP contribution is 2.35. The maximum absolute atomic E-state index is 5.96. The van der Waals surface area contributed by atoms with E-state index in [9.17, 15) is 0 Å². The van der Waals surface area contributed by atoms with Gasteiger partial charge in [0.25, 0.3) is 0 Å². The Balaban J connectivity index is 0.00000196. The van der Waals surface area contributed by atoms with Gasteiger partial charge in [-0.1, -0.05) is 48.5 Å². The van der Waals surface area contributed by atoms with E-state index in [1.165, 1.54) is 28.8 Å². The Bertz CT molecular complexity index is 768. The van der Waals surface area contributed by atoms with Crippen LogP contribution in [0.5, 0.6) is 5.75 Å². The molecular formula is C22H24ClNOS. The summed E-state index contributed by atoms with van der Waals surface area (Å²) in [6.07, 6.45) is 2.47. The van der Waals surface area contributed by atoms with E-state index in [4.69, 9.17) is 4.74 Å². The molecule has 26 heavy (non-hydrogen) atoms. The lowest BCUT2D eigenvalue weighted by Gasteiger charge is -2.18. The van der Waals surface area contributed by atoms with Crippen LogP contribution in [0.25, 0.3) is 0 Å². The lowest BCUT2D eigenvalue weighted by molar-refractivity contribution is 0.277. The van der Waals surface area contributed by atoms with Crippen molar-refractivity contribution in [2.75, 3.05) is 13.2 Å². The average Bonchev–Trinajstić information content (AvgIpc) is 3.36. The van der Waals surface area contributed by atoms with Gasteiger partial charge in [0.1, 0.15) is 12.4 Å². The fraction of sp³-hybridized carbons (Fsp3) is 0.273. The summed E-state index contributed by atoms with van der Waals surface area (Å²) in [6, 6.07) is 24.2. The molecule has 2 atom stereocenters. The van der Waals surface area contributed by atoms with E-state index in [1.807, 2.05) is 11.3 Å². The minimum atomic E-state index is 0. The fourth-order valence-electron chi connectivity index (χ4n) is 3.47. The van der Waals surface area contributed by atoms with E-state index in [0.29, 0.717) is 6.04 Å². The zero-order valence-corrected chi connectivity index (χ0v) is 16.3. The molecule has 136 valence electrons. The molecule has 2 heterocycles. The summed E-state index contributed by atoms with van der Waals surface area (Å²) in [5.41, 5.74) is 2.63. The third-order valence-electron chi connectivity index (χ3n) is 4.79. The van der Waals surface area contributed by atoms with Crippen molar-refractivity contribution >= 4 is 23.7 Å². The Hall–Kier alpha value is -1.81. The van der Waals surface area contributed by atoms with Crippen LogP contribution in [0.2, 0.25) is 0 Å². The molecule has 4 rings (SSSR count). The summed E-state index contributed by atoms with van der Waals surface area (Å²) in [5, 5.41) is 5.62. The summed E-state index contributed by atoms with van der Waals surface area (Å²) in [4.78, 5) is 1.37. The summed E-state index contributed by atoms with van der Waals surface area (Å²) in [5.74, 6) is 1.24. The monoisotopic (exact) mass is 385 g/mol. The maximum atomic E-state index is 5.96. The van der Waals surface area contributed by atoms with Crippen molar-refractivity contribution in [1.82, 2.24) is 5.32 Å². The highest BCUT2D eigenvalue weighted by molar-refractivity contribution is 7.10. The molecule has 2 nitrogen and oxygen atoms in total. The topological polar surface area (TPSA) is 21.3 Å². The maximum Gasteiger partial charge on any atom is 0.119 e. The minimum Gasteiger partial charge on any atom is -0.492 e. The van der Waals surface area contributed by atoms with Crippen LogP contribution in [0.4, 0.5) is 0 Å². The van der Waals surface area contributed by atoms with Gasteiger partial charge in [0.15, 0.2) is 0 Å². The van der Waals surface area contributed by atoms with Crippen LogP contribution in [0.15, 0.2) is 72.1 Å². The van der Waals surface area contributed by atoms with Crippen LogP contribution >= 0.6 is 23.7 Å². The molecule has 2 aromatic carbocycles. The first-order valence-corrected chi connectivity index (χ1v) is 9.82. The third kappa shape index (κ3) is 4.47. The second kappa shape index (κ2) is 9.22. The molecule has 1 fully saturated rings. The Labute approximate surface area is 165 Å². The SMILES string of the molecule is Cl.c1ccc(C(c2ccc(OCC3CCCN3)cc2)c2cccs2)cc1. The molecular weight excluding hydrogens is 362 g/mol. The molecule has 4 heteroatoms. The van der Waals surface area contributed by atoms with Crippen molar-refractivity contribution in [3.8, 4) is 5.75 Å². The highest BCUT2D eigenvalue weighted by Gasteiger charge is 2.18. The number of benzene rings is 2. The molecule has 3 aromatic rings. The smallest absolute Gasteiger partial charge is 0.119 e. The molecule has 1 N–H and O–H groups in total. The van der Waals surface area contributed by atoms with Gasteiger partial charge in [-0.2, -0.15) is 0 Å². The zero-order chi connectivity index (χ0) is 16.9. The summed E-state index contributed by atoms with van der Waals surface area (Å²) >= 11 is 1.81. The Morgan fingerprint density at radius 2 is 1.73 bits per heavy atom. The number of halogens is 1. The first kappa shape index (κ1) is 19.0. The van der Waals surface area contributed by atoms with E-state index in [1.54, 1.807) is 0 Å². The van der Waals surface area contributed by atoms with Crippen molar-refractivity contribution in [3.63, 3.8) is 0 Å². The second-order valence-electron chi connectivity index (χ2n) is 6.53. The quantitative estimate of drug-likeness (QED) is 0.606. The van der Waals surface area contributed by atoms with Crippen molar-refractivity contribution < 1.29 is 4.74 Å². The van der Waals surface area contributed by atoms with E-state index < -0.39 is 0 Å². The van der Waals surface area contributed by atoms with Crippen molar-refractivity contribution in [1.29, 1.82) is 0 Å². The van der Waals surface area contributed by atoms with Crippen molar-refractivity contribution in [2.24, 2.45) is 0 Å². The van der Waals surface area contributed by atoms with Crippen LogP contribution < -0.4 is 10.1 Å². The molecule has 0 bridgehead atoms. The number of thiophene rings is 1. The van der Waals surface area contributed by atoms with Crippen molar-refractivity contribution in [2.45, 2.75) is 24.8 Å². The Morgan fingerprint density at radius 3 is 2.38 bits per heavy atom. The Kier molecular flexibility index (Phi) is 6.73. The number of hydrogen-bond donors (Lipinski definition) is 1. The molecule has 2 unspecified atom stereocenters. The van der Waals surface area contributed by atoms with Gasteiger partial charge < -0.3 is 10.1 Å². The number of rotatable bonds is 6. The predicted molar refractivity (Wildman–Crippen MR) is 112 cm³/mol. The number of ether oxygens (including phenoxy) is 1. The lowest BCUT2D eigenvalue weighted by atomic mass is 9.90. The van der Waals surface area contributed by atoms with Gasteiger partial charge in [-0.3, -0.25) is 0 Å². The predicted octanol–water partition coefficient (Wildman–Crippen LogP) is 5.48. The molecule has 1 saturated heterocycles. The molecule has 1 aliphatic heterocycles. The lowest BCUT2D eigenvalue weighted by Crippen LogP contribution is -2.28. The minimum absolute atomic E-state index is 0. The van der Waals surface area contributed by atoms with Gasteiger partial charge in [0.05, 0.1) is 0 Å². The molecule has 0 saturated carbocycles. The normalized spacial score (nSPS) is 17.5. The van der Waals surface area contributed by atoms with E-state index in [-0.39, 0.29) is 18.3 Å². The molecule has 0 spiro atoms. The molecule has 1 aliphatic rings. The number of hydrogen-bond acceptors (Lipinski definition) is 3. The molecule has 0 radical (unpaired) electrons. The first-order valence-electron chi connectivity index (χ1n) is 8.94. The van der Waals surface area contributed by atoms with Crippen LogP contribution in [0.1, 0.15) is 34.8 Å². The zero-order valence-electron chi connectivity index (χ0n) is 14.6. The number of nitrogens with one attached hydrogen (secondary N) is 1. The van der Waals surface area contributed by atoms with E-state index >= 15 is 0 Å². The van der Waals surface area contributed by atoms with Crippen LogP contribution in [0, 0.1) is 0 Å². The summed E-state index contributed by atoms with van der Waals surface area (Å²) in [7, 11) is 0. The third-order valence-corrected chi connectivity index (χ3v) is 5.72. The van der Waals surface area contributed by atoms with Gasteiger partial charge in [-0.15, -0.1) is 23.7 Å². The van der Waals surface area contributed by atoms with Crippen LogP contribution in [-0.4, -0.2) is 19.2 Å². The molecule has 1 aromatic heterocycles. The van der Waals surface area contributed by atoms with Crippen LogP contribution in [-0.2, 0) is 0 Å². The van der Waals surface area contributed by atoms with Gasteiger partial charge in [-0.25, -0.2) is 0 Å². The van der Waals surface area contributed by atoms with E-state index in [2.05, 4.69) is 77.4 Å². The van der Waals surface area contributed by atoms with Gasteiger partial charge in [0.2, 0.25) is 0 Å². The fourth-order valence-corrected chi connectivity index (χ4v) is 4.35. The van der Waals surface area contributed by atoms with E-state index in [0.717, 1.165) is 18.9 Å². The van der Waals surface area contributed by atoms with Crippen LogP contribution in [0.3, 0.4) is 0 Å².